The summed E-state index contributed by atoms with van der Waals surface area (Å²) >= 11 is 0. The van der Waals surface area contributed by atoms with Crippen LogP contribution in [0.5, 0.6) is 0 Å². The fourth-order valence-corrected chi connectivity index (χ4v) is 2.83. The molecule has 0 radical (unpaired) electrons. The SMILES string of the molecule is CCc1noc(C)c1C(=O)N1CCc2c(nc(C)[nH]c2=O)C1. The van der Waals surface area contributed by atoms with Gasteiger partial charge >= 0.3 is 0 Å². The van der Waals surface area contributed by atoms with Gasteiger partial charge in [-0.25, -0.2) is 4.98 Å². The van der Waals surface area contributed by atoms with Gasteiger partial charge in [0.1, 0.15) is 17.1 Å². The summed E-state index contributed by atoms with van der Waals surface area (Å²) in [5.41, 5.74) is 2.45. The number of aryl methyl sites for hydroxylation is 3. The molecular formula is C15H18N4O3. The molecule has 1 aliphatic rings. The third kappa shape index (κ3) is 2.32. The molecule has 0 spiro atoms. The second kappa shape index (κ2) is 5.40. The Hall–Kier alpha value is -2.44. The van der Waals surface area contributed by atoms with Crippen molar-refractivity contribution in [2.75, 3.05) is 6.54 Å². The zero-order valence-corrected chi connectivity index (χ0v) is 12.9. The highest BCUT2D eigenvalue weighted by Gasteiger charge is 2.28. The number of nitrogens with one attached hydrogen (secondary N) is 1. The van der Waals surface area contributed by atoms with E-state index < -0.39 is 0 Å². The highest BCUT2D eigenvalue weighted by Crippen LogP contribution is 2.21. The van der Waals surface area contributed by atoms with Crippen LogP contribution in [0.25, 0.3) is 0 Å². The molecule has 7 heteroatoms. The van der Waals surface area contributed by atoms with E-state index in [1.54, 1.807) is 18.7 Å². The molecule has 3 heterocycles. The Kier molecular flexibility index (Phi) is 3.56. The van der Waals surface area contributed by atoms with Crippen LogP contribution in [0.15, 0.2) is 9.32 Å². The maximum atomic E-state index is 12.8. The topological polar surface area (TPSA) is 92.1 Å². The number of nitrogens with zero attached hydrogens (tertiary/aromatic N) is 3. The first-order valence-corrected chi connectivity index (χ1v) is 7.34. The predicted octanol–water partition coefficient (Wildman–Crippen LogP) is 1.14. The van der Waals surface area contributed by atoms with Gasteiger partial charge in [-0.2, -0.15) is 0 Å². The Morgan fingerprint density at radius 1 is 1.41 bits per heavy atom. The van der Waals surface area contributed by atoms with Gasteiger partial charge in [-0.3, -0.25) is 9.59 Å². The number of carbonyl (C=O) groups excluding carboxylic acids is 1. The molecule has 1 amide bonds. The van der Waals surface area contributed by atoms with Crippen LogP contribution in [-0.2, 0) is 19.4 Å². The summed E-state index contributed by atoms with van der Waals surface area (Å²) in [4.78, 5) is 33.4. The lowest BCUT2D eigenvalue weighted by Crippen LogP contribution is -2.39. The quantitative estimate of drug-likeness (QED) is 0.898. The number of H-pyrrole nitrogens is 1. The number of hydrogen-bond acceptors (Lipinski definition) is 5. The number of amides is 1. The highest BCUT2D eigenvalue weighted by atomic mass is 16.5. The van der Waals surface area contributed by atoms with Gasteiger partial charge in [-0.1, -0.05) is 12.1 Å². The molecule has 22 heavy (non-hydrogen) atoms. The number of aromatic amines is 1. The Bertz CT molecular complexity index is 791. The van der Waals surface area contributed by atoms with Gasteiger partial charge < -0.3 is 14.4 Å². The average Bonchev–Trinajstić information content (AvgIpc) is 2.86. The van der Waals surface area contributed by atoms with Gasteiger partial charge in [0.25, 0.3) is 11.5 Å². The van der Waals surface area contributed by atoms with Crippen molar-refractivity contribution in [2.45, 2.75) is 40.2 Å². The molecule has 0 bridgehead atoms. The fourth-order valence-electron chi connectivity index (χ4n) is 2.83. The van der Waals surface area contributed by atoms with Gasteiger partial charge in [-0.15, -0.1) is 0 Å². The minimum atomic E-state index is -0.110. The van der Waals surface area contributed by atoms with E-state index in [-0.39, 0.29) is 11.5 Å². The highest BCUT2D eigenvalue weighted by molar-refractivity contribution is 5.96. The van der Waals surface area contributed by atoms with E-state index in [0.29, 0.717) is 60.0 Å². The van der Waals surface area contributed by atoms with Gasteiger partial charge in [-0.05, 0) is 26.7 Å². The monoisotopic (exact) mass is 302 g/mol. The maximum Gasteiger partial charge on any atom is 0.259 e. The van der Waals surface area contributed by atoms with Crippen molar-refractivity contribution >= 4 is 5.91 Å². The van der Waals surface area contributed by atoms with Crippen LogP contribution in [0.1, 0.15) is 45.8 Å². The molecule has 1 N–H and O–H groups in total. The lowest BCUT2D eigenvalue weighted by Gasteiger charge is -2.27. The number of hydrogen-bond donors (Lipinski definition) is 1. The summed E-state index contributed by atoms with van der Waals surface area (Å²) < 4.78 is 5.14. The Morgan fingerprint density at radius 2 is 2.18 bits per heavy atom. The van der Waals surface area contributed by atoms with Crippen LogP contribution in [0, 0.1) is 13.8 Å². The minimum absolute atomic E-state index is 0.106. The van der Waals surface area contributed by atoms with Gasteiger partial charge in [0.2, 0.25) is 0 Å². The van der Waals surface area contributed by atoms with Crippen molar-refractivity contribution in [2.24, 2.45) is 0 Å². The zero-order valence-electron chi connectivity index (χ0n) is 12.9. The molecular weight excluding hydrogens is 284 g/mol. The van der Waals surface area contributed by atoms with E-state index in [0.717, 1.165) is 0 Å². The predicted molar refractivity (Wildman–Crippen MR) is 78.7 cm³/mol. The van der Waals surface area contributed by atoms with Gasteiger partial charge in [0.05, 0.1) is 17.9 Å². The van der Waals surface area contributed by atoms with Gasteiger partial charge in [0, 0.05) is 12.1 Å². The second-order valence-corrected chi connectivity index (χ2v) is 5.47. The minimum Gasteiger partial charge on any atom is -0.361 e. The summed E-state index contributed by atoms with van der Waals surface area (Å²) in [6.07, 6.45) is 1.15. The molecule has 2 aromatic rings. The molecule has 0 atom stereocenters. The first-order chi connectivity index (χ1) is 10.5. The maximum absolute atomic E-state index is 12.8. The van der Waals surface area contributed by atoms with Crippen molar-refractivity contribution < 1.29 is 9.32 Å². The van der Waals surface area contributed by atoms with Crippen LogP contribution >= 0.6 is 0 Å². The third-order valence-electron chi connectivity index (χ3n) is 3.96. The standard InChI is InChI=1S/C15H18N4O3/c1-4-11-13(8(2)22-18-11)15(21)19-6-5-10-12(7-19)16-9(3)17-14(10)20/h4-7H2,1-3H3,(H,16,17,20). The molecule has 7 nitrogen and oxygen atoms in total. The summed E-state index contributed by atoms with van der Waals surface area (Å²) in [6.45, 7) is 6.25. The van der Waals surface area contributed by atoms with E-state index in [1.165, 1.54) is 0 Å². The molecule has 0 aromatic carbocycles. The molecule has 0 saturated heterocycles. The molecule has 0 saturated carbocycles. The van der Waals surface area contributed by atoms with E-state index in [9.17, 15) is 9.59 Å². The summed E-state index contributed by atoms with van der Waals surface area (Å²) in [6, 6.07) is 0. The molecule has 1 aliphatic heterocycles. The van der Waals surface area contributed by atoms with Crippen LogP contribution in [0.3, 0.4) is 0 Å². The Morgan fingerprint density at radius 3 is 2.91 bits per heavy atom. The lowest BCUT2D eigenvalue weighted by atomic mass is 10.0. The van der Waals surface area contributed by atoms with Crippen LogP contribution in [-0.4, -0.2) is 32.5 Å². The normalized spacial score (nSPS) is 14.0. The van der Waals surface area contributed by atoms with E-state index >= 15 is 0 Å². The molecule has 0 unspecified atom stereocenters. The molecule has 0 aliphatic carbocycles. The molecule has 0 fully saturated rings. The number of rotatable bonds is 2. The van der Waals surface area contributed by atoms with Crippen molar-refractivity contribution in [3.8, 4) is 0 Å². The van der Waals surface area contributed by atoms with Crippen molar-refractivity contribution in [1.82, 2.24) is 20.0 Å². The Labute approximate surface area is 127 Å². The molecule has 116 valence electrons. The second-order valence-electron chi connectivity index (χ2n) is 5.47. The van der Waals surface area contributed by atoms with Crippen molar-refractivity contribution in [1.29, 1.82) is 0 Å². The van der Waals surface area contributed by atoms with Crippen LogP contribution in [0.4, 0.5) is 0 Å². The van der Waals surface area contributed by atoms with E-state index in [1.807, 2.05) is 6.92 Å². The average molecular weight is 302 g/mol. The Balaban J connectivity index is 1.93. The van der Waals surface area contributed by atoms with Crippen molar-refractivity contribution in [3.63, 3.8) is 0 Å². The largest absolute Gasteiger partial charge is 0.361 e. The number of carbonyl (C=O) groups is 1. The third-order valence-corrected chi connectivity index (χ3v) is 3.96. The zero-order chi connectivity index (χ0) is 15.9. The molecule has 3 rings (SSSR count). The summed E-state index contributed by atoms with van der Waals surface area (Å²) in [5.74, 6) is 0.983. The summed E-state index contributed by atoms with van der Waals surface area (Å²) in [5, 5.41) is 3.93. The fraction of sp³-hybridized carbons (Fsp3) is 0.467. The van der Waals surface area contributed by atoms with E-state index in [2.05, 4.69) is 15.1 Å². The first-order valence-electron chi connectivity index (χ1n) is 7.34. The van der Waals surface area contributed by atoms with Crippen molar-refractivity contribution in [3.05, 3.63) is 44.5 Å². The summed E-state index contributed by atoms with van der Waals surface area (Å²) in [7, 11) is 0. The smallest absolute Gasteiger partial charge is 0.259 e. The lowest BCUT2D eigenvalue weighted by molar-refractivity contribution is 0.0728. The molecule has 2 aromatic heterocycles. The van der Waals surface area contributed by atoms with Crippen LogP contribution < -0.4 is 5.56 Å². The van der Waals surface area contributed by atoms with Crippen LogP contribution in [0.2, 0.25) is 0 Å². The number of fused-ring (bicyclic) bond motifs is 1. The van der Waals surface area contributed by atoms with Gasteiger partial charge in [0.15, 0.2) is 0 Å². The van der Waals surface area contributed by atoms with E-state index in [4.69, 9.17) is 4.52 Å². The first kappa shape index (κ1) is 14.5. The number of aromatic nitrogens is 3.